The lowest BCUT2D eigenvalue weighted by Gasteiger charge is -2.10. The molecule has 1 aromatic rings. The van der Waals surface area contributed by atoms with Crippen molar-refractivity contribution in [1.29, 1.82) is 0 Å². The monoisotopic (exact) mass is 269 g/mol. The number of carbonyl (C=O) groups is 1. The smallest absolute Gasteiger partial charge is 0.255 e. The van der Waals surface area contributed by atoms with Gasteiger partial charge in [0.25, 0.3) is 5.91 Å². The second kappa shape index (κ2) is 4.98. The van der Waals surface area contributed by atoms with Gasteiger partial charge in [0.2, 0.25) is 0 Å². The van der Waals surface area contributed by atoms with Gasteiger partial charge in [-0.25, -0.2) is 0 Å². The van der Waals surface area contributed by atoms with Crippen molar-refractivity contribution in [3.05, 3.63) is 40.9 Å². The summed E-state index contributed by atoms with van der Waals surface area (Å²) in [6.45, 7) is 5.37. The van der Waals surface area contributed by atoms with Crippen LogP contribution < -0.4 is 5.32 Å². The van der Waals surface area contributed by atoms with Crippen LogP contribution >= 0.6 is 15.9 Å². The molecule has 1 aromatic carbocycles. The van der Waals surface area contributed by atoms with Crippen molar-refractivity contribution in [3.63, 3.8) is 0 Å². The molecule has 0 saturated carbocycles. The van der Waals surface area contributed by atoms with Crippen LogP contribution in [0.2, 0.25) is 0 Å². The number of amides is 1. The van der Waals surface area contributed by atoms with Gasteiger partial charge in [0.1, 0.15) is 5.75 Å². The van der Waals surface area contributed by atoms with Gasteiger partial charge in [0, 0.05) is 10.5 Å². The number of aromatic hydroxyl groups is 1. The van der Waals surface area contributed by atoms with E-state index >= 15 is 0 Å². The Labute approximate surface area is 96.9 Å². The molecule has 3 nitrogen and oxygen atoms in total. The summed E-state index contributed by atoms with van der Waals surface area (Å²) in [4.78, 5) is 11.6. The van der Waals surface area contributed by atoms with Crippen molar-refractivity contribution < 1.29 is 9.90 Å². The van der Waals surface area contributed by atoms with E-state index in [4.69, 9.17) is 0 Å². The fourth-order valence-corrected chi connectivity index (χ4v) is 1.39. The van der Waals surface area contributed by atoms with Gasteiger partial charge < -0.3 is 10.4 Å². The molecule has 0 bridgehead atoms. The fraction of sp³-hybridized carbons (Fsp3) is 0.182. The Hall–Kier alpha value is -1.29. The molecule has 2 N–H and O–H groups in total. The summed E-state index contributed by atoms with van der Waals surface area (Å²) in [5.74, 6) is -0.354. The summed E-state index contributed by atoms with van der Waals surface area (Å²) in [6.07, 6.45) is 1.62. The Balaban J connectivity index is 2.90. The van der Waals surface area contributed by atoms with Gasteiger partial charge in [-0.05, 0) is 25.1 Å². The van der Waals surface area contributed by atoms with Crippen molar-refractivity contribution >= 4 is 21.8 Å². The summed E-state index contributed by atoms with van der Waals surface area (Å²) in [6, 6.07) is 4.58. The molecule has 0 aromatic heterocycles. The molecule has 0 heterocycles. The third-order valence-corrected chi connectivity index (χ3v) is 2.41. The molecule has 0 aliphatic carbocycles. The van der Waals surface area contributed by atoms with Crippen molar-refractivity contribution in [2.45, 2.75) is 13.0 Å². The summed E-state index contributed by atoms with van der Waals surface area (Å²) in [7, 11) is 0. The van der Waals surface area contributed by atoms with Gasteiger partial charge in [-0.3, -0.25) is 4.79 Å². The maximum Gasteiger partial charge on any atom is 0.255 e. The lowest BCUT2D eigenvalue weighted by Crippen LogP contribution is -2.30. The van der Waals surface area contributed by atoms with Crippen LogP contribution in [0, 0.1) is 0 Å². The topological polar surface area (TPSA) is 49.3 Å². The Morgan fingerprint density at radius 3 is 2.93 bits per heavy atom. The first kappa shape index (κ1) is 11.8. The highest BCUT2D eigenvalue weighted by Crippen LogP contribution is 2.21. The van der Waals surface area contributed by atoms with Crippen molar-refractivity contribution in [3.8, 4) is 5.75 Å². The first-order chi connectivity index (χ1) is 7.04. The third-order valence-electron chi connectivity index (χ3n) is 1.92. The van der Waals surface area contributed by atoms with Crippen LogP contribution in [0.5, 0.6) is 5.75 Å². The number of nitrogens with one attached hydrogen (secondary N) is 1. The second-order valence-electron chi connectivity index (χ2n) is 3.16. The molecule has 1 unspecified atom stereocenters. The number of hydrogen-bond donors (Lipinski definition) is 2. The molecule has 1 atom stereocenters. The zero-order valence-electron chi connectivity index (χ0n) is 8.33. The van der Waals surface area contributed by atoms with Gasteiger partial charge in [0.15, 0.2) is 0 Å². The van der Waals surface area contributed by atoms with Gasteiger partial charge in [-0.2, -0.15) is 0 Å². The molecule has 4 heteroatoms. The van der Waals surface area contributed by atoms with Gasteiger partial charge in [-0.15, -0.1) is 6.58 Å². The average molecular weight is 270 g/mol. The average Bonchev–Trinajstić information content (AvgIpc) is 2.21. The Bertz CT molecular complexity index is 390. The van der Waals surface area contributed by atoms with Crippen LogP contribution in [0.25, 0.3) is 0 Å². The highest BCUT2D eigenvalue weighted by atomic mass is 79.9. The van der Waals surface area contributed by atoms with E-state index in [0.29, 0.717) is 0 Å². The Morgan fingerprint density at radius 1 is 1.67 bits per heavy atom. The summed E-state index contributed by atoms with van der Waals surface area (Å²) in [5.41, 5.74) is 0.248. The summed E-state index contributed by atoms with van der Waals surface area (Å²) in [5, 5.41) is 12.2. The van der Waals surface area contributed by atoms with E-state index in [1.165, 1.54) is 6.07 Å². The standard InChI is InChI=1S/C11H12BrNO2/c1-3-7(2)13-11(15)9-6-8(12)4-5-10(9)14/h3-7,14H,1H2,2H3,(H,13,15). The van der Waals surface area contributed by atoms with Crippen LogP contribution in [0.1, 0.15) is 17.3 Å². The molecule has 0 spiro atoms. The fourth-order valence-electron chi connectivity index (χ4n) is 1.03. The maximum atomic E-state index is 11.6. The molecule has 0 saturated heterocycles. The van der Waals surface area contributed by atoms with Crippen LogP contribution in [-0.2, 0) is 0 Å². The van der Waals surface area contributed by atoms with Gasteiger partial charge in [-0.1, -0.05) is 22.0 Å². The number of hydrogen-bond acceptors (Lipinski definition) is 2. The molecule has 1 amide bonds. The van der Waals surface area contributed by atoms with Crippen LogP contribution in [-0.4, -0.2) is 17.1 Å². The minimum atomic E-state index is -0.318. The zero-order chi connectivity index (χ0) is 11.4. The zero-order valence-corrected chi connectivity index (χ0v) is 9.91. The lowest BCUT2D eigenvalue weighted by molar-refractivity contribution is 0.0944. The van der Waals surface area contributed by atoms with E-state index in [9.17, 15) is 9.90 Å². The normalized spacial score (nSPS) is 11.9. The Morgan fingerprint density at radius 2 is 2.33 bits per heavy atom. The number of rotatable bonds is 3. The molecule has 0 aliphatic heterocycles. The quantitative estimate of drug-likeness (QED) is 0.829. The van der Waals surface area contributed by atoms with E-state index < -0.39 is 0 Å². The maximum absolute atomic E-state index is 11.6. The number of carbonyl (C=O) groups excluding carboxylic acids is 1. The largest absolute Gasteiger partial charge is 0.507 e. The molecule has 1 rings (SSSR count). The first-order valence-corrected chi connectivity index (χ1v) is 5.26. The molecule has 0 radical (unpaired) electrons. The molecular weight excluding hydrogens is 258 g/mol. The predicted molar refractivity (Wildman–Crippen MR) is 62.9 cm³/mol. The Kier molecular flexibility index (Phi) is 3.91. The number of halogens is 1. The molecule has 15 heavy (non-hydrogen) atoms. The van der Waals surface area contributed by atoms with Crippen molar-refractivity contribution in [2.75, 3.05) is 0 Å². The van der Waals surface area contributed by atoms with E-state index in [2.05, 4.69) is 27.8 Å². The number of phenols is 1. The predicted octanol–water partition coefficient (Wildman–Crippen LogP) is 2.46. The van der Waals surface area contributed by atoms with E-state index in [-0.39, 0.29) is 23.3 Å². The number of benzene rings is 1. The molecule has 0 fully saturated rings. The van der Waals surface area contributed by atoms with Gasteiger partial charge >= 0.3 is 0 Å². The van der Waals surface area contributed by atoms with Crippen LogP contribution in [0.15, 0.2) is 35.3 Å². The minimum absolute atomic E-state index is 0.0352. The highest BCUT2D eigenvalue weighted by molar-refractivity contribution is 9.10. The molecular formula is C11H12BrNO2. The number of phenolic OH excluding ortho intramolecular Hbond substituents is 1. The van der Waals surface area contributed by atoms with Crippen LogP contribution in [0.3, 0.4) is 0 Å². The second-order valence-corrected chi connectivity index (χ2v) is 4.07. The SMILES string of the molecule is C=CC(C)NC(=O)c1cc(Br)ccc1O. The van der Waals surface area contributed by atoms with E-state index in [1.54, 1.807) is 25.1 Å². The first-order valence-electron chi connectivity index (χ1n) is 4.46. The van der Waals surface area contributed by atoms with E-state index in [1.807, 2.05) is 0 Å². The highest BCUT2D eigenvalue weighted by Gasteiger charge is 2.12. The summed E-state index contributed by atoms with van der Waals surface area (Å²) >= 11 is 3.24. The van der Waals surface area contributed by atoms with Crippen molar-refractivity contribution in [1.82, 2.24) is 5.32 Å². The van der Waals surface area contributed by atoms with E-state index in [0.717, 1.165) is 4.47 Å². The molecule has 80 valence electrons. The lowest BCUT2D eigenvalue weighted by atomic mass is 10.2. The van der Waals surface area contributed by atoms with Crippen LogP contribution in [0.4, 0.5) is 0 Å². The van der Waals surface area contributed by atoms with Gasteiger partial charge in [0.05, 0.1) is 5.56 Å². The minimum Gasteiger partial charge on any atom is -0.507 e. The summed E-state index contributed by atoms with van der Waals surface area (Å²) < 4.78 is 0.747. The third kappa shape index (κ3) is 3.09. The van der Waals surface area contributed by atoms with Crippen molar-refractivity contribution in [2.24, 2.45) is 0 Å². The molecule has 0 aliphatic rings.